The van der Waals surface area contributed by atoms with Crippen LogP contribution in [-0.4, -0.2) is 49.6 Å². The SMILES string of the molecule is CN1CCN(CCc2ccc(Oc3ccccc3)cc2)CC1. The Kier molecular flexibility index (Phi) is 5.09. The maximum Gasteiger partial charge on any atom is 0.127 e. The Labute approximate surface area is 133 Å². The van der Waals surface area contributed by atoms with Crippen molar-refractivity contribution in [2.24, 2.45) is 0 Å². The van der Waals surface area contributed by atoms with Crippen LogP contribution in [0.4, 0.5) is 0 Å². The Bertz CT molecular complexity index is 560. The molecule has 3 nitrogen and oxygen atoms in total. The summed E-state index contributed by atoms with van der Waals surface area (Å²) in [5.74, 6) is 1.78. The van der Waals surface area contributed by atoms with Crippen LogP contribution in [0.5, 0.6) is 11.5 Å². The first-order chi connectivity index (χ1) is 10.8. The topological polar surface area (TPSA) is 15.7 Å². The second-order valence-corrected chi connectivity index (χ2v) is 5.95. The molecule has 116 valence electrons. The van der Waals surface area contributed by atoms with E-state index in [1.54, 1.807) is 0 Å². The lowest BCUT2D eigenvalue weighted by Gasteiger charge is -2.32. The summed E-state index contributed by atoms with van der Waals surface area (Å²) in [6, 6.07) is 18.4. The summed E-state index contributed by atoms with van der Waals surface area (Å²) in [6.07, 6.45) is 1.11. The van der Waals surface area contributed by atoms with Gasteiger partial charge >= 0.3 is 0 Å². The number of piperazine rings is 1. The zero-order chi connectivity index (χ0) is 15.2. The van der Waals surface area contributed by atoms with E-state index in [0.717, 1.165) is 24.5 Å². The monoisotopic (exact) mass is 296 g/mol. The summed E-state index contributed by atoms with van der Waals surface area (Å²) in [6.45, 7) is 5.89. The standard InChI is InChI=1S/C19H24N2O/c1-20-13-15-21(16-14-20)12-11-17-7-9-19(10-8-17)22-18-5-3-2-4-6-18/h2-10H,11-16H2,1H3. The van der Waals surface area contributed by atoms with Gasteiger partial charge in [-0.15, -0.1) is 0 Å². The molecule has 3 heteroatoms. The highest BCUT2D eigenvalue weighted by Gasteiger charge is 2.13. The highest BCUT2D eigenvalue weighted by Crippen LogP contribution is 2.21. The van der Waals surface area contributed by atoms with Gasteiger partial charge in [-0.3, -0.25) is 0 Å². The van der Waals surface area contributed by atoms with Gasteiger partial charge in [0, 0.05) is 32.7 Å². The maximum absolute atomic E-state index is 5.82. The number of ether oxygens (including phenoxy) is 1. The van der Waals surface area contributed by atoms with Crippen LogP contribution in [0, 0.1) is 0 Å². The molecule has 1 aliphatic rings. The Morgan fingerprint density at radius 1 is 0.818 bits per heavy atom. The number of likely N-dealkylation sites (N-methyl/N-ethyl adjacent to an activating group) is 1. The van der Waals surface area contributed by atoms with Crippen LogP contribution in [0.3, 0.4) is 0 Å². The molecule has 1 aliphatic heterocycles. The largest absolute Gasteiger partial charge is 0.457 e. The minimum atomic E-state index is 0.882. The van der Waals surface area contributed by atoms with Crippen LogP contribution in [0.25, 0.3) is 0 Å². The second-order valence-electron chi connectivity index (χ2n) is 5.95. The zero-order valence-electron chi connectivity index (χ0n) is 13.2. The van der Waals surface area contributed by atoms with Crippen molar-refractivity contribution in [1.29, 1.82) is 0 Å². The van der Waals surface area contributed by atoms with Gasteiger partial charge in [-0.05, 0) is 43.3 Å². The highest BCUT2D eigenvalue weighted by molar-refractivity contribution is 5.33. The molecule has 0 atom stereocenters. The predicted octanol–water partition coefficient (Wildman–Crippen LogP) is 3.27. The number of nitrogens with zero attached hydrogens (tertiary/aromatic N) is 2. The van der Waals surface area contributed by atoms with Gasteiger partial charge < -0.3 is 14.5 Å². The quantitative estimate of drug-likeness (QED) is 0.842. The van der Waals surface area contributed by atoms with Crippen molar-refractivity contribution in [2.45, 2.75) is 6.42 Å². The lowest BCUT2D eigenvalue weighted by Crippen LogP contribution is -2.45. The molecular formula is C19H24N2O. The van der Waals surface area contributed by atoms with E-state index in [9.17, 15) is 0 Å². The third-order valence-electron chi connectivity index (χ3n) is 4.21. The van der Waals surface area contributed by atoms with Gasteiger partial charge in [0.2, 0.25) is 0 Å². The molecule has 0 aliphatic carbocycles. The average Bonchev–Trinajstić information content (AvgIpc) is 2.57. The number of hydrogen-bond acceptors (Lipinski definition) is 3. The van der Waals surface area contributed by atoms with E-state index in [2.05, 4.69) is 41.1 Å². The molecule has 0 N–H and O–H groups in total. The molecule has 1 saturated heterocycles. The van der Waals surface area contributed by atoms with E-state index in [4.69, 9.17) is 4.74 Å². The average molecular weight is 296 g/mol. The third-order valence-corrected chi connectivity index (χ3v) is 4.21. The zero-order valence-corrected chi connectivity index (χ0v) is 13.2. The molecule has 0 spiro atoms. The summed E-state index contributed by atoms with van der Waals surface area (Å²) in [5.41, 5.74) is 1.37. The van der Waals surface area contributed by atoms with Crippen LogP contribution in [0.15, 0.2) is 54.6 Å². The molecule has 2 aromatic carbocycles. The predicted molar refractivity (Wildman–Crippen MR) is 90.6 cm³/mol. The molecule has 1 fully saturated rings. The summed E-state index contributed by atoms with van der Waals surface area (Å²) in [5, 5.41) is 0. The van der Waals surface area contributed by atoms with Crippen LogP contribution in [-0.2, 0) is 6.42 Å². The summed E-state index contributed by atoms with van der Waals surface area (Å²) >= 11 is 0. The van der Waals surface area contributed by atoms with E-state index < -0.39 is 0 Å². The summed E-state index contributed by atoms with van der Waals surface area (Å²) in [7, 11) is 2.20. The van der Waals surface area contributed by atoms with E-state index in [1.165, 1.54) is 31.7 Å². The van der Waals surface area contributed by atoms with Crippen LogP contribution in [0.2, 0.25) is 0 Å². The molecule has 0 saturated carbocycles. The van der Waals surface area contributed by atoms with Gasteiger partial charge in [0.15, 0.2) is 0 Å². The molecule has 1 heterocycles. The molecule has 0 radical (unpaired) electrons. The van der Waals surface area contributed by atoms with E-state index in [0.29, 0.717) is 0 Å². The van der Waals surface area contributed by atoms with Crippen molar-refractivity contribution in [1.82, 2.24) is 9.80 Å². The molecule has 0 amide bonds. The molecule has 22 heavy (non-hydrogen) atoms. The summed E-state index contributed by atoms with van der Waals surface area (Å²) in [4.78, 5) is 4.95. The smallest absolute Gasteiger partial charge is 0.127 e. The molecule has 2 aromatic rings. The second kappa shape index (κ2) is 7.43. The Morgan fingerprint density at radius 2 is 1.45 bits per heavy atom. The van der Waals surface area contributed by atoms with E-state index in [1.807, 2.05) is 30.3 Å². The van der Waals surface area contributed by atoms with Gasteiger partial charge in [0.05, 0.1) is 0 Å². The first-order valence-electron chi connectivity index (χ1n) is 8.02. The first kappa shape index (κ1) is 15.1. The molecule has 0 aromatic heterocycles. The molecule has 0 unspecified atom stereocenters. The van der Waals surface area contributed by atoms with Crippen molar-refractivity contribution < 1.29 is 4.74 Å². The van der Waals surface area contributed by atoms with Gasteiger partial charge in [-0.25, -0.2) is 0 Å². The number of hydrogen-bond donors (Lipinski definition) is 0. The van der Waals surface area contributed by atoms with Crippen molar-refractivity contribution in [3.63, 3.8) is 0 Å². The fourth-order valence-corrected chi connectivity index (χ4v) is 2.71. The van der Waals surface area contributed by atoms with Gasteiger partial charge in [-0.1, -0.05) is 30.3 Å². The highest BCUT2D eigenvalue weighted by atomic mass is 16.5. The number of rotatable bonds is 5. The van der Waals surface area contributed by atoms with Gasteiger partial charge in [-0.2, -0.15) is 0 Å². The normalized spacial score (nSPS) is 16.6. The Morgan fingerprint density at radius 3 is 2.14 bits per heavy atom. The minimum absolute atomic E-state index is 0.882. The lowest BCUT2D eigenvalue weighted by atomic mass is 10.1. The van der Waals surface area contributed by atoms with Gasteiger partial charge in [0.1, 0.15) is 11.5 Å². The van der Waals surface area contributed by atoms with Crippen LogP contribution >= 0.6 is 0 Å². The van der Waals surface area contributed by atoms with Crippen molar-refractivity contribution in [2.75, 3.05) is 39.8 Å². The van der Waals surface area contributed by atoms with Crippen molar-refractivity contribution in [3.05, 3.63) is 60.2 Å². The van der Waals surface area contributed by atoms with E-state index >= 15 is 0 Å². The van der Waals surface area contributed by atoms with Crippen molar-refractivity contribution >= 4 is 0 Å². The number of para-hydroxylation sites is 1. The summed E-state index contributed by atoms with van der Waals surface area (Å²) < 4.78 is 5.82. The number of benzene rings is 2. The van der Waals surface area contributed by atoms with E-state index in [-0.39, 0.29) is 0 Å². The van der Waals surface area contributed by atoms with Gasteiger partial charge in [0.25, 0.3) is 0 Å². The molecule has 0 bridgehead atoms. The minimum Gasteiger partial charge on any atom is -0.457 e. The van der Waals surface area contributed by atoms with Crippen LogP contribution < -0.4 is 4.74 Å². The first-order valence-corrected chi connectivity index (χ1v) is 8.02. The third kappa shape index (κ3) is 4.33. The Balaban J connectivity index is 1.49. The van der Waals surface area contributed by atoms with Crippen molar-refractivity contribution in [3.8, 4) is 11.5 Å². The van der Waals surface area contributed by atoms with Crippen LogP contribution in [0.1, 0.15) is 5.56 Å². The maximum atomic E-state index is 5.82. The fourth-order valence-electron chi connectivity index (χ4n) is 2.71. The molecule has 3 rings (SSSR count). The lowest BCUT2D eigenvalue weighted by molar-refractivity contribution is 0.155. The molecular weight excluding hydrogens is 272 g/mol. The fraction of sp³-hybridized carbons (Fsp3) is 0.368. The Hall–Kier alpha value is -1.84.